The zero-order valence-electron chi connectivity index (χ0n) is 19.3. The Bertz CT molecular complexity index is 517. The second-order valence-corrected chi connectivity index (χ2v) is 7.87. The average Bonchev–Trinajstić information content (AvgIpc) is 2.60. The molecule has 0 N–H and O–H groups in total. The maximum atomic E-state index is 11.5. The summed E-state index contributed by atoms with van der Waals surface area (Å²) < 4.78 is 39.2. The normalized spacial score (nSPS) is 11.1. The van der Waals surface area contributed by atoms with E-state index in [1.54, 1.807) is 0 Å². The van der Waals surface area contributed by atoms with Crippen LogP contribution in [-0.4, -0.2) is 36.4 Å². The molecule has 0 aliphatic rings. The van der Waals surface area contributed by atoms with Crippen LogP contribution in [0.15, 0.2) is 12.2 Å². The third-order valence-electron chi connectivity index (χ3n) is 4.17. The molecule has 0 saturated carbocycles. The van der Waals surface area contributed by atoms with Gasteiger partial charge in [0.25, 0.3) is 0 Å². The molecule has 0 aromatic rings. The van der Waals surface area contributed by atoms with Gasteiger partial charge in [-0.25, -0.2) is 4.79 Å². The van der Waals surface area contributed by atoms with Gasteiger partial charge in [-0.15, -0.1) is 0 Å². The molecule has 0 aromatic heterocycles. The van der Waals surface area contributed by atoms with Gasteiger partial charge in [-0.05, 0) is 12.3 Å². The van der Waals surface area contributed by atoms with Crippen molar-refractivity contribution >= 4 is 22.7 Å². The molecule has 0 aromatic carbocycles. The molecule has 0 heterocycles. The van der Waals surface area contributed by atoms with Gasteiger partial charge in [-0.2, -0.15) is 0 Å². The standard InChI is InChI=1S/C20H36O3.2Na.H2O4S/c1-4-5-6-7-8-9-10-11-12-13-14-18(2)17-23-20(22)19(3)15-16-21;;;1-5(2,3)4/h16,18H,3-15,17H2,1-2H3;;;(H2,1,2,3,4)/q;2*+1;/p-2. The van der Waals surface area contributed by atoms with E-state index in [-0.39, 0.29) is 71.1 Å². The number of aldehydes is 1. The van der Waals surface area contributed by atoms with E-state index in [2.05, 4.69) is 20.4 Å². The molecule has 166 valence electrons. The van der Waals surface area contributed by atoms with Gasteiger partial charge in [0, 0.05) is 22.4 Å². The summed E-state index contributed by atoms with van der Waals surface area (Å²) in [6.45, 7) is 8.32. The number of esters is 1. The number of carbonyl (C=O) groups excluding carboxylic acids is 2. The molecular formula is C20H36Na2O7S. The summed E-state index contributed by atoms with van der Waals surface area (Å²) in [7, 11) is -5.17. The molecule has 10 heteroatoms. The molecule has 0 aliphatic heterocycles. The van der Waals surface area contributed by atoms with Crippen LogP contribution in [0.2, 0.25) is 0 Å². The van der Waals surface area contributed by atoms with E-state index >= 15 is 0 Å². The van der Waals surface area contributed by atoms with E-state index < -0.39 is 16.4 Å². The molecule has 0 saturated heterocycles. The molecule has 1 atom stereocenters. The molecule has 0 spiro atoms. The van der Waals surface area contributed by atoms with Gasteiger partial charge in [-0.1, -0.05) is 84.6 Å². The van der Waals surface area contributed by atoms with Crippen molar-refractivity contribution in [2.24, 2.45) is 5.92 Å². The molecule has 0 amide bonds. The van der Waals surface area contributed by atoms with Crippen molar-refractivity contribution in [2.75, 3.05) is 6.61 Å². The van der Waals surface area contributed by atoms with Crippen molar-refractivity contribution in [3.8, 4) is 0 Å². The topological polar surface area (TPSA) is 124 Å². The van der Waals surface area contributed by atoms with Gasteiger partial charge in [0.15, 0.2) is 0 Å². The van der Waals surface area contributed by atoms with Gasteiger partial charge >= 0.3 is 65.1 Å². The molecular weight excluding hydrogens is 430 g/mol. The van der Waals surface area contributed by atoms with Crippen molar-refractivity contribution in [1.29, 1.82) is 0 Å². The van der Waals surface area contributed by atoms with E-state index in [0.29, 0.717) is 18.8 Å². The third-order valence-corrected chi connectivity index (χ3v) is 4.17. The number of carbonyl (C=O) groups is 2. The summed E-state index contributed by atoms with van der Waals surface area (Å²) in [5.41, 5.74) is 0.242. The van der Waals surface area contributed by atoms with E-state index in [0.717, 1.165) is 6.42 Å². The van der Waals surface area contributed by atoms with Crippen LogP contribution in [0.3, 0.4) is 0 Å². The average molecular weight is 467 g/mol. The molecule has 0 rings (SSSR count). The summed E-state index contributed by atoms with van der Waals surface area (Å²) in [5.74, 6) is -0.0657. The Morgan fingerprint density at radius 2 is 1.37 bits per heavy atom. The van der Waals surface area contributed by atoms with E-state index in [9.17, 15) is 9.59 Å². The first-order valence-corrected chi connectivity index (χ1v) is 11.4. The van der Waals surface area contributed by atoms with E-state index in [4.69, 9.17) is 22.3 Å². The maximum absolute atomic E-state index is 11.5. The fourth-order valence-electron chi connectivity index (χ4n) is 2.57. The van der Waals surface area contributed by atoms with Gasteiger partial charge in [0.1, 0.15) is 6.29 Å². The Balaban J connectivity index is -0.000000429. The summed E-state index contributed by atoms with van der Waals surface area (Å²) in [5, 5.41) is 0. The molecule has 0 bridgehead atoms. The van der Waals surface area contributed by atoms with Gasteiger partial charge in [-0.3, -0.25) is 8.42 Å². The molecule has 0 fully saturated rings. The van der Waals surface area contributed by atoms with Gasteiger partial charge in [0.2, 0.25) is 0 Å². The monoisotopic (exact) mass is 466 g/mol. The molecule has 7 nitrogen and oxygen atoms in total. The zero-order valence-corrected chi connectivity index (χ0v) is 24.1. The minimum absolute atomic E-state index is 0. The molecule has 1 unspecified atom stereocenters. The summed E-state index contributed by atoms with van der Waals surface area (Å²) in [4.78, 5) is 21.8. The smallest absolute Gasteiger partial charge is 0.759 e. The van der Waals surface area contributed by atoms with Gasteiger partial charge < -0.3 is 18.6 Å². The zero-order chi connectivity index (χ0) is 21.8. The quantitative estimate of drug-likeness (QED) is 0.0505. The first kappa shape index (κ1) is 38.0. The van der Waals surface area contributed by atoms with Crippen LogP contribution in [0, 0.1) is 5.92 Å². The Kier molecular flexibility index (Phi) is 33.0. The number of rotatable bonds is 16. The summed E-state index contributed by atoms with van der Waals surface area (Å²) >= 11 is 0. The van der Waals surface area contributed by atoms with Crippen LogP contribution in [0.1, 0.15) is 90.9 Å². The van der Waals surface area contributed by atoms with Crippen LogP contribution in [0.5, 0.6) is 0 Å². The third kappa shape index (κ3) is 36.1. The van der Waals surface area contributed by atoms with Crippen LogP contribution >= 0.6 is 0 Å². The van der Waals surface area contributed by atoms with E-state index in [1.165, 1.54) is 64.2 Å². The fourth-order valence-corrected chi connectivity index (χ4v) is 2.57. The van der Waals surface area contributed by atoms with E-state index in [1.807, 2.05) is 0 Å². The fraction of sp³-hybridized carbons (Fsp3) is 0.800. The maximum Gasteiger partial charge on any atom is 1.00 e. The Morgan fingerprint density at radius 3 is 1.77 bits per heavy atom. The minimum atomic E-state index is -5.17. The Hall–Kier alpha value is 0.750. The van der Waals surface area contributed by atoms with Gasteiger partial charge in [0.05, 0.1) is 6.61 Å². The Labute approximate surface area is 227 Å². The molecule has 0 aliphatic carbocycles. The van der Waals surface area contributed by atoms with Crippen LogP contribution < -0.4 is 59.1 Å². The predicted molar refractivity (Wildman–Crippen MR) is 107 cm³/mol. The first-order chi connectivity index (χ1) is 13.1. The van der Waals surface area contributed by atoms with Crippen molar-refractivity contribution in [2.45, 2.75) is 90.9 Å². The van der Waals surface area contributed by atoms with Crippen LogP contribution in [-0.2, 0) is 24.7 Å². The van der Waals surface area contributed by atoms with Crippen LogP contribution in [0.25, 0.3) is 0 Å². The molecule has 30 heavy (non-hydrogen) atoms. The summed E-state index contributed by atoms with van der Waals surface area (Å²) in [6, 6.07) is 0. The SMILES string of the molecule is C=C(CC=O)C(=O)OCC(C)CCCCCCCCCCCC.O=S(=O)([O-])[O-].[Na+].[Na+]. The number of hydrogen-bond donors (Lipinski definition) is 0. The van der Waals surface area contributed by atoms with Crippen molar-refractivity contribution in [3.63, 3.8) is 0 Å². The van der Waals surface area contributed by atoms with Crippen LogP contribution in [0.4, 0.5) is 0 Å². The summed E-state index contributed by atoms with van der Waals surface area (Å²) in [6.07, 6.45) is 15.2. The number of unbranched alkanes of at least 4 members (excludes halogenated alkanes) is 9. The Morgan fingerprint density at radius 1 is 0.967 bits per heavy atom. The van der Waals surface area contributed by atoms with Crippen molar-refractivity contribution in [1.82, 2.24) is 0 Å². The number of ether oxygens (including phenoxy) is 1. The second kappa shape index (κ2) is 26.0. The minimum Gasteiger partial charge on any atom is -0.759 e. The largest absolute Gasteiger partial charge is 1.00 e. The first-order valence-electron chi connectivity index (χ1n) is 10.1. The predicted octanol–water partition coefficient (Wildman–Crippen LogP) is -1.71. The van der Waals surface area contributed by atoms with Crippen molar-refractivity contribution < 1.29 is 91.0 Å². The molecule has 0 radical (unpaired) electrons. The van der Waals surface area contributed by atoms with Crippen molar-refractivity contribution in [3.05, 3.63) is 12.2 Å². The number of hydrogen-bond acceptors (Lipinski definition) is 7. The second-order valence-electron chi connectivity index (χ2n) is 7.06.